The molecule has 21 heavy (non-hydrogen) atoms. The molecule has 1 heterocycles. The second-order valence-electron chi connectivity index (χ2n) is 5.47. The Labute approximate surface area is 126 Å². The predicted octanol–water partition coefficient (Wildman–Crippen LogP) is 1.89. The summed E-state index contributed by atoms with van der Waals surface area (Å²) < 4.78 is 16.6. The van der Waals surface area contributed by atoms with E-state index in [-0.39, 0.29) is 25.4 Å². The molecule has 0 amide bonds. The molecule has 2 atom stereocenters. The molecule has 0 radical (unpaired) electrons. The Morgan fingerprint density at radius 1 is 1.38 bits per heavy atom. The fourth-order valence-corrected chi connectivity index (χ4v) is 2.24. The van der Waals surface area contributed by atoms with Crippen LogP contribution in [0.4, 0.5) is 0 Å². The lowest BCUT2D eigenvalue weighted by Crippen LogP contribution is -2.25. The highest BCUT2D eigenvalue weighted by Gasteiger charge is 2.23. The summed E-state index contributed by atoms with van der Waals surface area (Å²) in [5, 5.41) is 13.1. The van der Waals surface area contributed by atoms with Crippen LogP contribution >= 0.6 is 0 Å². The first kappa shape index (κ1) is 16.1. The summed E-state index contributed by atoms with van der Waals surface area (Å²) in [6, 6.07) is 6.06. The molecule has 0 saturated heterocycles. The van der Waals surface area contributed by atoms with Crippen molar-refractivity contribution < 1.29 is 19.3 Å². The van der Waals surface area contributed by atoms with E-state index in [1.54, 1.807) is 0 Å². The average Bonchev–Trinajstić information content (AvgIpc) is 2.86. The molecule has 0 aliphatic carbocycles. The Bertz CT molecular complexity index is 450. The van der Waals surface area contributed by atoms with Crippen LogP contribution in [0.1, 0.15) is 32.4 Å². The zero-order valence-electron chi connectivity index (χ0n) is 13.0. The van der Waals surface area contributed by atoms with Crippen LogP contribution in [-0.4, -0.2) is 43.7 Å². The summed E-state index contributed by atoms with van der Waals surface area (Å²) in [5.74, 6) is 1.56. The molecule has 0 saturated carbocycles. The van der Waals surface area contributed by atoms with E-state index in [0.717, 1.165) is 17.9 Å². The van der Waals surface area contributed by atoms with Crippen LogP contribution in [0.5, 0.6) is 11.5 Å². The number of rotatable bonds is 8. The van der Waals surface area contributed by atoms with Crippen molar-refractivity contribution in [2.45, 2.75) is 39.0 Å². The third-order valence-corrected chi connectivity index (χ3v) is 3.28. The minimum Gasteiger partial charge on any atom is -0.491 e. The number of hydrogen-bond acceptors (Lipinski definition) is 5. The first-order valence-corrected chi connectivity index (χ1v) is 7.52. The van der Waals surface area contributed by atoms with E-state index in [4.69, 9.17) is 14.2 Å². The standard InChI is InChI=1S/C16H25NO4/c1-4-17-15-10-21-16-7-13(5-6-14(15)16)20-9-12(18)8-19-11(2)3/h5-7,11-12,15,17-18H,4,8-10H2,1-3H3. The molecule has 0 fully saturated rings. The highest BCUT2D eigenvalue weighted by molar-refractivity contribution is 5.45. The maximum Gasteiger partial charge on any atom is 0.127 e. The minimum atomic E-state index is -0.629. The van der Waals surface area contributed by atoms with Crippen molar-refractivity contribution in [1.29, 1.82) is 0 Å². The Kier molecular flexibility index (Phi) is 5.85. The zero-order valence-corrected chi connectivity index (χ0v) is 13.0. The van der Waals surface area contributed by atoms with Crippen molar-refractivity contribution in [1.82, 2.24) is 5.32 Å². The maximum atomic E-state index is 9.77. The fraction of sp³-hybridized carbons (Fsp3) is 0.625. The largest absolute Gasteiger partial charge is 0.491 e. The molecular formula is C16H25NO4. The molecule has 5 nitrogen and oxygen atoms in total. The number of ether oxygens (including phenoxy) is 3. The smallest absolute Gasteiger partial charge is 0.127 e. The van der Waals surface area contributed by atoms with Crippen molar-refractivity contribution in [3.63, 3.8) is 0 Å². The van der Waals surface area contributed by atoms with Gasteiger partial charge in [0, 0.05) is 11.6 Å². The Balaban J connectivity index is 1.85. The molecule has 1 aliphatic heterocycles. The first-order valence-electron chi connectivity index (χ1n) is 7.52. The van der Waals surface area contributed by atoms with Crippen molar-refractivity contribution in [3.8, 4) is 11.5 Å². The van der Waals surface area contributed by atoms with Gasteiger partial charge in [-0.25, -0.2) is 0 Å². The number of aliphatic hydroxyl groups is 1. The van der Waals surface area contributed by atoms with Gasteiger partial charge in [0.05, 0.1) is 18.8 Å². The van der Waals surface area contributed by atoms with Crippen LogP contribution in [0.2, 0.25) is 0 Å². The van der Waals surface area contributed by atoms with Gasteiger partial charge in [0.2, 0.25) is 0 Å². The predicted molar refractivity (Wildman–Crippen MR) is 80.9 cm³/mol. The van der Waals surface area contributed by atoms with Crippen molar-refractivity contribution in [2.75, 3.05) is 26.4 Å². The normalized spacial score (nSPS) is 18.4. The summed E-state index contributed by atoms with van der Waals surface area (Å²) in [4.78, 5) is 0. The molecular weight excluding hydrogens is 270 g/mol. The lowest BCUT2D eigenvalue weighted by atomic mass is 10.1. The number of fused-ring (bicyclic) bond motifs is 1. The maximum absolute atomic E-state index is 9.77. The Morgan fingerprint density at radius 2 is 2.19 bits per heavy atom. The SMILES string of the molecule is CCNC1COc2cc(OCC(O)COC(C)C)ccc21. The number of hydrogen-bond donors (Lipinski definition) is 2. The van der Waals surface area contributed by atoms with Gasteiger partial charge in [0.1, 0.15) is 30.8 Å². The van der Waals surface area contributed by atoms with Crippen LogP contribution in [0.3, 0.4) is 0 Å². The lowest BCUT2D eigenvalue weighted by molar-refractivity contribution is -0.0123. The molecule has 2 rings (SSSR count). The van der Waals surface area contributed by atoms with Crippen LogP contribution < -0.4 is 14.8 Å². The molecule has 118 valence electrons. The number of benzene rings is 1. The summed E-state index contributed by atoms with van der Waals surface area (Å²) in [6.07, 6.45) is -0.521. The molecule has 0 bridgehead atoms. The summed E-state index contributed by atoms with van der Waals surface area (Å²) in [5.41, 5.74) is 1.16. The molecule has 0 aromatic heterocycles. The Hall–Kier alpha value is -1.30. The number of aliphatic hydroxyl groups excluding tert-OH is 1. The highest BCUT2D eigenvalue weighted by Crippen LogP contribution is 2.35. The molecule has 1 aromatic rings. The third kappa shape index (κ3) is 4.59. The number of nitrogens with one attached hydrogen (secondary N) is 1. The van der Waals surface area contributed by atoms with Crippen LogP contribution in [0.15, 0.2) is 18.2 Å². The van der Waals surface area contributed by atoms with Gasteiger partial charge in [-0.1, -0.05) is 6.92 Å². The van der Waals surface area contributed by atoms with Crippen LogP contribution in [0.25, 0.3) is 0 Å². The quantitative estimate of drug-likeness (QED) is 0.767. The fourth-order valence-electron chi connectivity index (χ4n) is 2.24. The van der Waals surface area contributed by atoms with Gasteiger partial charge in [-0.15, -0.1) is 0 Å². The third-order valence-electron chi connectivity index (χ3n) is 3.28. The molecule has 1 aromatic carbocycles. The second kappa shape index (κ2) is 7.64. The molecule has 2 unspecified atom stereocenters. The van der Waals surface area contributed by atoms with Gasteiger partial charge in [0.15, 0.2) is 0 Å². The van der Waals surface area contributed by atoms with E-state index in [9.17, 15) is 5.11 Å². The first-order chi connectivity index (χ1) is 10.1. The van der Waals surface area contributed by atoms with Crippen LogP contribution in [0, 0.1) is 0 Å². The number of likely N-dealkylation sites (N-methyl/N-ethyl adjacent to an activating group) is 1. The van der Waals surface area contributed by atoms with Crippen molar-refractivity contribution in [3.05, 3.63) is 23.8 Å². The Morgan fingerprint density at radius 3 is 2.90 bits per heavy atom. The summed E-state index contributed by atoms with van der Waals surface area (Å²) in [6.45, 7) is 8.00. The summed E-state index contributed by atoms with van der Waals surface area (Å²) in [7, 11) is 0. The van der Waals surface area contributed by atoms with Crippen molar-refractivity contribution in [2.24, 2.45) is 0 Å². The van der Waals surface area contributed by atoms with Gasteiger partial charge < -0.3 is 24.6 Å². The second-order valence-corrected chi connectivity index (χ2v) is 5.47. The molecule has 0 spiro atoms. The summed E-state index contributed by atoms with van der Waals surface area (Å²) >= 11 is 0. The van der Waals surface area contributed by atoms with Gasteiger partial charge in [0.25, 0.3) is 0 Å². The lowest BCUT2D eigenvalue weighted by Gasteiger charge is -2.15. The molecule has 2 N–H and O–H groups in total. The van der Waals surface area contributed by atoms with E-state index in [0.29, 0.717) is 12.4 Å². The zero-order chi connectivity index (χ0) is 15.2. The molecule has 5 heteroatoms. The van der Waals surface area contributed by atoms with E-state index in [1.807, 2.05) is 32.0 Å². The average molecular weight is 295 g/mol. The van der Waals surface area contributed by atoms with Crippen molar-refractivity contribution >= 4 is 0 Å². The van der Waals surface area contributed by atoms with E-state index >= 15 is 0 Å². The van der Waals surface area contributed by atoms with Crippen LogP contribution in [-0.2, 0) is 4.74 Å². The monoisotopic (exact) mass is 295 g/mol. The van der Waals surface area contributed by atoms with E-state index in [2.05, 4.69) is 12.2 Å². The van der Waals surface area contributed by atoms with Gasteiger partial charge in [-0.05, 0) is 32.5 Å². The van der Waals surface area contributed by atoms with E-state index < -0.39 is 6.10 Å². The molecule has 1 aliphatic rings. The van der Waals surface area contributed by atoms with E-state index in [1.165, 1.54) is 0 Å². The topological polar surface area (TPSA) is 60.0 Å². The van der Waals surface area contributed by atoms with Gasteiger partial charge in [-0.2, -0.15) is 0 Å². The minimum absolute atomic E-state index is 0.107. The highest BCUT2D eigenvalue weighted by atomic mass is 16.5. The van der Waals surface area contributed by atoms with Gasteiger partial charge >= 0.3 is 0 Å². The van der Waals surface area contributed by atoms with Gasteiger partial charge in [-0.3, -0.25) is 0 Å².